The molecule has 2 aromatic carbocycles. The highest BCUT2D eigenvalue weighted by Gasteiger charge is 2.36. The van der Waals surface area contributed by atoms with Crippen molar-refractivity contribution in [2.75, 3.05) is 19.2 Å². The van der Waals surface area contributed by atoms with Gasteiger partial charge in [0.2, 0.25) is 21.9 Å². The van der Waals surface area contributed by atoms with Crippen molar-refractivity contribution in [1.82, 2.24) is 9.62 Å². The van der Waals surface area contributed by atoms with E-state index in [-0.39, 0.29) is 24.7 Å². The predicted molar refractivity (Wildman–Crippen MR) is 112 cm³/mol. The Bertz CT molecular complexity index is 1080. The number of nitrogens with zero attached hydrogens (tertiary/aromatic N) is 1. The number of hydrogen-bond donors (Lipinski definition) is 1. The molecule has 6 nitrogen and oxygen atoms in total. The molecule has 0 unspecified atom stereocenters. The lowest BCUT2D eigenvalue weighted by Crippen LogP contribution is -2.58. The second-order valence-electron chi connectivity index (χ2n) is 7.86. The van der Waals surface area contributed by atoms with E-state index in [0.717, 1.165) is 11.1 Å². The lowest BCUT2D eigenvalue weighted by Gasteiger charge is -2.42. The smallest absolute Gasteiger partial charge is 0.241 e. The van der Waals surface area contributed by atoms with Crippen molar-refractivity contribution in [2.24, 2.45) is 0 Å². The van der Waals surface area contributed by atoms with Crippen molar-refractivity contribution < 1.29 is 26.7 Å². The Labute approximate surface area is 180 Å². The molecule has 0 aliphatic carbocycles. The monoisotopic (exact) mass is 450 g/mol. The summed E-state index contributed by atoms with van der Waals surface area (Å²) in [5.41, 5.74) is 2.22. The van der Waals surface area contributed by atoms with Crippen LogP contribution in [0.3, 0.4) is 0 Å². The van der Waals surface area contributed by atoms with E-state index in [2.05, 4.69) is 4.72 Å². The third-order valence-electron chi connectivity index (χ3n) is 5.79. The second-order valence-corrected chi connectivity index (χ2v) is 9.55. The Balaban J connectivity index is 1.75. The number of para-hydroxylation sites is 1. The van der Waals surface area contributed by atoms with E-state index in [0.29, 0.717) is 31.4 Å². The summed E-state index contributed by atoms with van der Waals surface area (Å²) in [5.74, 6) is -0.593. The highest BCUT2D eigenvalue weighted by atomic mass is 32.2. The van der Waals surface area contributed by atoms with E-state index >= 15 is 0 Å². The topological polar surface area (TPSA) is 75.7 Å². The SMILES string of the molecule is O=C1CCOc2c(F)cccc2-c2cccc(c2)C[C@H]2[C@@H](NS(=O)(=O)CF)CCCN12. The Morgan fingerprint density at radius 3 is 2.81 bits per heavy atom. The van der Waals surface area contributed by atoms with E-state index in [9.17, 15) is 22.0 Å². The highest BCUT2D eigenvalue weighted by Crippen LogP contribution is 2.34. The van der Waals surface area contributed by atoms with Gasteiger partial charge in [-0.05, 0) is 36.5 Å². The largest absolute Gasteiger partial charge is 0.489 e. The molecule has 1 saturated heterocycles. The molecule has 9 heteroatoms. The van der Waals surface area contributed by atoms with Crippen LogP contribution in [-0.2, 0) is 21.2 Å². The summed E-state index contributed by atoms with van der Waals surface area (Å²) in [6, 6.07) is 9.59. The Hall–Kier alpha value is -2.52. The molecule has 1 amide bonds. The number of ether oxygens (including phenoxy) is 1. The molecule has 2 heterocycles. The second kappa shape index (κ2) is 8.92. The molecule has 0 aromatic heterocycles. The molecule has 0 radical (unpaired) electrons. The number of benzene rings is 2. The third-order valence-corrected chi connectivity index (χ3v) is 6.74. The summed E-state index contributed by atoms with van der Waals surface area (Å²) >= 11 is 0. The number of sulfonamides is 1. The fourth-order valence-electron chi connectivity index (χ4n) is 4.39. The average molecular weight is 451 g/mol. The number of piperidine rings is 1. The highest BCUT2D eigenvalue weighted by molar-refractivity contribution is 7.89. The van der Waals surface area contributed by atoms with Crippen LogP contribution in [0, 0.1) is 5.82 Å². The number of fused-ring (bicyclic) bond motifs is 5. The van der Waals surface area contributed by atoms with Crippen LogP contribution in [0.5, 0.6) is 5.75 Å². The van der Waals surface area contributed by atoms with Gasteiger partial charge in [-0.25, -0.2) is 21.9 Å². The van der Waals surface area contributed by atoms with Crippen LogP contribution in [0.4, 0.5) is 8.78 Å². The Kier molecular flexibility index (Phi) is 6.24. The van der Waals surface area contributed by atoms with Gasteiger partial charge in [0.25, 0.3) is 0 Å². The molecule has 2 aliphatic rings. The summed E-state index contributed by atoms with van der Waals surface area (Å²) in [4.78, 5) is 14.6. The van der Waals surface area contributed by atoms with Crippen molar-refractivity contribution in [3.63, 3.8) is 0 Å². The van der Waals surface area contributed by atoms with Crippen LogP contribution in [0.15, 0.2) is 42.5 Å². The molecule has 1 fully saturated rings. The van der Waals surface area contributed by atoms with E-state index < -0.39 is 33.9 Å². The van der Waals surface area contributed by atoms with Gasteiger partial charge in [0.15, 0.2) is 11.6 Å². The van der Waals surface area contributed by atoms with Gasteiger partial charge in [-0.3, -0.25) is 4.79 Å². The number of carbonyl (C=O) groups excluding carboxylic acids is 1. The zero-order valence-electron chi connectivity index (χ0n) is 16.9. The maximum atomic E-state index is 14.5. The van der Waals surface area contributed by atoms with Gasteiger partial charge in [-0.2, -0.15) is 0 Å². The van der Waals surface area contributed by atoms with Crippen LogP contribution in [0.1, 0.15) is 24.8 Å². The Morgan fingerprint density at radius 2 is 2.00 bits per heavy atom. The quantitative estimate of drug-likeness (QED) is 0.780. The molecule has 2 aromatic rings. The first-order valence-corrected chi connectivity index (χ1v) is 11.9. The van der Waals surface area contributed by atoms with Gasteiger partial charge in [-0.15, -0.1) is 0 Å². The first-order chi connectivity index (χ1) is 14.9. The fraction of sp³-hybridized carbons (Fsp3) is 0.409. The molecular weight excluding hydrogens is 426 g/mol. The van der Waals surface area contributed by atoms with E-state index in [1.165, 1.54) is 6.07 Å². The molecule has 2 aliphatic heterocycles. The lowest BCUT2D eigenvalue weighted by molar-refractivity contribution is -0.136. The number of nitrogens with one attached hydrogen (secondary N) is 1. The molecule has 1 N–H and O–H groups in total. The van der Waals surface area contributed by atoms with Gasteiger partial charge in [0, 0.05) is 18.2 Å². The summed E-state index contributed by atoms with van der Waals surface area (Å²) in [5, 5.41) is 0. The number of amides is 1. The number of hydrogen-bond acceptors (Lipinski definition) is 4. The van der Waals surface area contributed by atoms with Gasteiger partial charge in [0.05, 0.1) is 19.1 Å². The van der Waals surface area contributed by atoms with Crippen molar-refractivity contribution in [3.8, 4) is 16.9 Å². The number of carbonyl (C=O) groups is 1. The maximum absolute atomic E-state index is 14.5. The molecule has 31 heavy (non-hydrogen) atoms. The fourth-order valence-corrected chi connectivity index (χ4v) is 5.19. The maximum Gasteiger partial charge on any atom is 0.241 e. The van der Waals surface area contributed by atoms with Crippen LogP contribution in [0.2, 0.25) is 0 Å². The minimum absolute atomic E-state index is 0.00342. The van der Waals surface area contributed by atoms with Crippen LogP contribution < -0.4 is 9.46 Å². The molecule has 0 spiro atoms. The van der Waals surface area contributed by atoms with Crippen molar-refractivity contribution in [3.05, 3.63) is 53.8 Å². The first-order valence-electron chi connectivity index (χ1n) is 10.2. The number of halogens is 2. The van der Waals surface area contributed by atoms with Gasteiger partial charge in [-0.1, -0.05) is 36.4 Å². The zero-order valence-corrected chi connectivity index (χ0v) is 17.7. The average Bonchev–Trinajstić information content (AvgIpc) is 2.75. The molecule has 0 saturated carbocycles. The summed E-state index contributed by atoms with van der Waals surface area (Å²) in [7, 11) is -4.07. The Morgan fingerprint density at radius 1 is 1.19 bits per heavy atom. The van der Waals surface area contributed by atoms with Gasteiger partial charge < -0.3 is 9.64 Å². The molecule has 2 atom stereocenters. The zero-order chi connectivity index (χ0) is 22.0. The van der Waals surface area contributed by atoms with Crippen LogP contribution in [-0.4, -0.2) is 50.5 Å². The third kappa shape index (κ3) is 4.72. The summed E-state index contributed by atoms with van der Waals surface area (Å²) in [6.07, 6.45) is 1.53. The summed E-state index contributed by atoms with van der Waals surface area (Å²) < 4.78 is 59.3. The van der Waals surface area contributed by atoms with Crippen molar-refractivity contribution >= 4 is 15.9 Å². The van der Waals surface area contributed by atoms with Crippen molar-refractivity contribution in [1.29, 1.82) is 0 Å². The first kappa shape index (κ1) is 21.7. The van der Waals surface area contributed by atoms with E-state index in [4.69, 9.17) is 4.74 Å². The van der Waals surface area contributed by atoms with Gasteiger partial charge in [0.1, 0.15) is 0 Å². The van der Waals surface area contributed by atoms with E-state index in [1.54, 1.807) is 17.0 Å². The minimum Gasteiger partial charge on any atom is -0.489 e. The van der Waals surface area contributed by atoms with Crippen LogP contribution in [0.25, 0.3) is 11.1 Å². The number of rotatable bonds is 3. The van der Waals surface area contributed by atoms with E-state index in [1.807, 2.05) is 24.3 Å². The molecular formula is C22H24F2N2O4S. The lowest BCUT2D eigenvalue weighted by atomic mass is 9.90. The molecule has 166 valence electrons. The standard InChI is InChI=1S/C22H24F2N2O4S/c23-14-31(28,29)25-19-8-3-10-26-20(19)13-15-4-1-5-16(12-15)17-6-2-7-18(24)22(17)30-11-9-21(26)27/h1-2,4-7,12,19-20,25H,3,8-11,13-14H2/t19-,20-/m0/s1. The number of alkyl halides is 1. The predicted octanol–water partition coefficient (Wildman–Crippen LogP) is 3.02. The summed E-state index contributed by atoms with van der Waals surface area (Å²) in [6.45, 7) is 0.471. The molecule has 2 bridgehead atoms. The minimum atomic E-state index is -4.07. The normalized spacial score (nSPS) is 21.9. The van der Waals surface area contributed by atoms with Crippen molar-refractivity contribution in [2.45, 2.75) is 37.8 Å². The van der Waals surface area contributed by atoms with Crippen LogP contribution >= 0.6 is 0 Å². The molecule has 4 rings (SSSR count). The van der Waals surface area contributed by atoms with Gasteiger partial charge >= 0.3 is 0 Å².